The van der Waals surface area contributed by atoms with Gasteiger partial charge in [-0.25, -0.2) is 0 Å². The van der Waals surface area contributed by atoms with Crippen molar-refractivity contribution < 1.29 is 9.85 Å². The Balaban J connectivity index is 1.84. The highest BCUT2D eigenvalue weighted by Crippen LogP contribution is 2.25. The number of para-hydroxylation sites is 4. The number of nitrogens with one attached hydrogen (secondary N) is 2. The molecule has 9 nitrogen and oxygen atoms in total. The number of nitro groups is 2. The Morgan fingerprint density at radius 1 is 1.04 bits per heavy atom. The lowest BCUT2D eigenvalue weighted by Crippen LogP contribution is -2.29. The fourth-order valence-electron chi connectivity index (χ4n) is 2.05. The van der Waals surface area contributed by atoms with Crippen LogP contribution < -0.4 is 10.6 Å². The summed E-state index contributed by atoms with van der Waals surface area (Å²) in [6.07, 6.45) is 2.01. The number of thiocarbonyl (C=S) groups is 1. The molecule has 2 N–H and O–H groups in total. The van der Waals surface area contributed by atoms with Crippen molar-refractivity contribution >= 4 is 46.3 Å². The summed E-state index contributed by atoms with van der Waals surface area (Å²) < 4.78 is 0. The third kappa shape index (κ3) is 5.31. The number of hydrogen-bond donors (Lipinski definition) is 2. The van der Waals surface area contributed by atoms with E-state index in [1.165, 1.54) is 12.1 Å². The summed E-state index contributed by atoms with van der Waals surface area (Å²) in [5.74, 6) is 0. The van der Waals surface area contributed by atoms with E-state index in [1.807, 2.05) is 0 Å². The molecule has 0 aliphatic heterocycles. The van der Waals surface area contributed by atoms with Gasteiger partial charge in [0.05, 0.1) is 9.85 Å². The van der Waals surface area contributed by atoms with Gasteiger partial charge in [-0.2, -0.15) is 0 Å². The van der Waals surface area contributed by atoms with E-state index in [0.29, 0.717) is 18.7 Å². The van der Waals surface area contributed by atoms with Gasteiger partial charge in [0.2, 0.25) is 0 Å². The predicted octanol–water partition coefficient (Wildman–Crippen LogP) is 3.58. The van der Waals surface area contributed by atoms with Crippen LogP contribution in [0.2, 0.25) is 0 Å². The van der Waals surface area contributed by atoms with Crippen molar-refractivity contribution in [2.45, 2.75) is 6.42 Å². The normalized spacial score (nSPS) is 10.5. The molecule has 0 atom stereocenters. The summed E-state index contributed by atoms with van der Waals surface area (Å²) in [6, 6.07) is 12.4. The molecule has 0 aliphatic rings. The average Bonchev–Trinajstić information content (AvgIpc) is 2.62. The molecule has 0 amide bonds. The Hall–Kier alpha value is -3.40. The maximum Gasteiger partial charge on any atom is 0.294 e. The second-order valence-electron chi connectivity index (χ2n) is 5.00. The molecule has 2 aromatic rings. The zero-order valence-corrected chi connectivity index (χ0v) is 14.3. The van der Waals surface area contributed by atoms with Gasteiger partial charge in [-0.15, -0.1) is 0 Å². The Labute approximate surface area is 154 Å². The highest BCUT2D eigenvalue weighted by atomic mass is 32.1. The molecule has 10 heteroatoms. The van der Waals surface area contributed by atoms with Crippen LogP contribution in [0.1, 0.15) is 6.42 Å². The van der Waals surface area contributed by atoms with Gasteiger partial charge in [0.15, 0.2) is 5.11 Å². The zero-order valence-electron chi connectivity index (χ0n) is 13.5. The number of benzene rings is 2. The second-order valence-corrected chi connectivity index (χ2v) is 5.41. The Kier molecular flexibility index (Phi) is 6.68. The lowest BCUT2D eigenvalue weighted by atomic mass is 10.3. The molecule has 0 spiro atoms. The SMILES string of the molecule is O=[N+]([O-])c1ccccc1N=CCCNC(=S)Nc1ccccc1[N+](=O)[O-]. The molecule has 0 aromatic heterocycles. The van der Waals surface area contributed by atoms with Gasteiger partial charge in [0, 0.05) is 31.3 Å². The maximum atomic E-state index is 10.9. The topological polar surface area (TPSA) is 123 Å². The number of anilines is 1. The van der Waals surface area contributed by atoms with E-state index >= 15 is 0 Å². The molecule has 0 saturated carbocycles. The van der Waals surface area contributed by atoms with Crippen molar-refractivity contribution in [1.82, 2.24) is 5.32 Å². The van der Waals surface area contributed by atoms with Crippen molar-refractivity contribution in [2.24, 2.45) is 4.99 Å². The number of nitro benzene ring substituents is 2. The zero-order chi connectivity index (χ0) is 18.9. The first kappa shape index (κ1) is 18.9. The predicted molar refractivity (Wildman–Crippen MR) is 103 cm³/mol. The minimum Gasteiger partial charge on any atom is -0.362 e. The molecule has 26 heavy (non-hydrogen) atoms. The molecular weight excluding hydrogens is 358 g/mol. The molecule has 134 valence electrons. The molecular formula is C16H15N5O4S. The van der Waals surface area contributed by atoms with Gasteiger partial charge >= 0.3 is 0 Å². The highest BCUT2D eigenvalue weighted by Gasteiger charge is 2.13. The standard InChI is InChI=1S/C16H15N5O4S/c22-20(23)14-8-3-1-6-12(14)17-10-5-11-18-16(26)19-13-7-2-4-9-15(13)21(24)25/h1-4,6-10H,5,11H2,(H2,18,19,26). The number of rotatable bonds is 7. The maximum absolute atomic E-state index is 10.9. The van der Waals surface area contributed by atoms with Gasteiger partial charge < -0.3 is 10.6 Å². The second kappa shape index (κ2) is 9.18. The molecule has 0 saturated heterocycles. The molecule has 0 unspecified atom stereocenters. The number of hydrogen-bond acceptors (Lipinski definition) is 6. The largest absolute Gasteiger partial charge is 0.362 e. The monoisotopic (exact) mass is 373 g/mol. The minimum absolute atomic E-state index is 0.0646. The summed E-state index contributed by atoms with van der Waals surface area (Å²) in [5.41, 5.74) is 0.432. The summed E-state index contributed by atoms with van der Waals surface area (Å²) in [6.45, 7) is 0.413. The van der Waals surface area contributed by atoms with Crippen LogP contribution in [0, 0.1) is 20.2 Å². The van der Waals surface area contributed by atoms with Gasteiger partial charge in [-0.05, 0) is 24.4 Å². The lowest BCUT2D eigenvalue weighted by molar-refractivity contribution is -0.384. The van der Waals surface area contributed by atoms with E-state index in [1.54, 1.807) is 42.6 Å². The molecule has 2 aromatic carbocycles. The van der Waals surface area contributed by atoms with Crippen LogP contribution in [0.5, 0.6) is 0 Å². The van der Waals surface area contributed by atoms with E-state index < -0.39 is 9.85 Å². The summed E-state index contributed by atoms with van der Waals surface area (Å²) in [7, 11) is 0. The Morgan fingerprint density at radius 2 is 1.65 bits per heavy atom. The fraction of sp³-hybridized carbons (Fsp3) is 0.125. The van der Waals surface area contributed by atoms with Crippen molar-refractivity contribution in [3.63, 3.8) is 0 Å². The van der Waals surface area contributed by atoms with Crippen LogP contribution in [-0.4, -0.2) is 27.7 Å². The Bertz CT molecular complexity index is 856. The van der Waals surface area contributed by atoms with Crippen molar-refractivity contribution in [3.05, 3.63) is 68.8 Å². The van der Waals surface area contributed by atoms with Gasteiger partial charge in [-0.1, -0.05) is 24.3 Å². The van der Waals surface area contributed by atoms with Gasteiger partial charge in [0.1, 0.15) is 11.4 Å². The molecule has 0 bridgehead atoms. The van der Waals surface area contributed by atoms with Gasteiger partial charge in [-0.3, -0.25) is 25.2 Å². The van der Waals surface area contributed by atoms with Crippen molar-refractivity contribution in [3.8, 4) is 0 Å². The van der Waals surface area contributed by atoms with E-state index in [4.69, 9.17) is 12.2 Å². The van der Waals surface area contributed by atoms with Crippen LogP contribution >= 0.6 is 12.2 Å². The number of nitrogens with zero attached hydrogens (tertiary/aromatic N) is 3. The first-order valence-corrected chi connectivity index (χ1v) is 7.94. The minimum atomic E-state index is -0.496. The molecule has 0 aliphatic carbocycles. The summed E-state index contributed by atoms with van der Waals surface area (Å²) in [4.78, 5) is 24.9. The van der Waals surface area contributed by atoms with Crippen LogP contribution in [0.15, 0.2) is 53.5 Å². The van der Waals surface area contributed by atoms with Crippen LogP contribution in [-0.2, 0) is 0 Å². The van der Waals surface area contributed by atoms with Gasteiger partial charge in [0.25, 0.3) is 11.4 Å². The third-order valence-electron chi connectivity index (χ3n) is 3.22. The average molecular weight is 373 g/mol. The van der Waals surface area contributed by atoms with Crippen LogP contribution in [0.4, 0.5) is 22.7 Å². The van der Waals surface area contributed by atoms with E-state index in [-0.39, 0.29) is 22.2 Å². The van der Waals surface area contributed by atoms with E-state index in [9.17, 15) is 20.2 Å². The smallest absolute Gasteiger partial charge is 0.294 e. The van der Waals surface area contributed by atoms with Crippen LogP contribution in [0.25, 0.3) is 0 Å². The van der Waals surface area contributed by atoms with Crippen LogP contribution in [0.3, 0.4) is 0 Å². The Morgan fingerprint density at radius 3 is 2.35 bits per heavy atom. The molecule has 0 radical (unpaired) electrons. The van der Waals surface area contributed by atoms with Crippen molar-refractivity contribution in [2.75, 3.05) is 11.9 Å². The first-order valence-electron chi connectivity index (χ1n) is 7.53. The van der Waals surface area contributed by atoms with E-state index in [2.05, 4.69) is 15.6 Å². The highest BCUT2D eigenvalue weighted by molar-refractivity contribution is 7.80. The first-order chi connectivity index (χ1) is 12.5. The van der Waals surface area contributed by atoms with E-state index in [0.717, 1.165) is 0 Å². The molecule has 0 heterocycles. The fourth-order valence-corrected chi connectivity index (χ4v) is 2.26. The third-order valence-corrected chi connectivity index (χ3v) is 3.46. The lowest BCUT2D eigenvalue weighted by Gasteiger charge is -2.09. The number of aliphatic imine (C=N–C) groups is 1. The quantitative estimate of drug-likeness (QED) is 0.250. The molecule has 0 fully saturated rings. The molecule has 2 rings (SSSR count). The summed E-state index contributed by atoms with van der Waals surface area (Å²) >= 11 is 5.10. The van der Waals surface area contributed by atoms with Crippen molar-refractivity contribution in [1.29, 1.82) is 0 Å². The summed E-state index contributed by atoms with van der Waals surface area (Å²) in [5, 5.41) is 27.7.